The number of nitrogens with zero attached hydrogens (tertiary/aromatic N) is 2. The molecule has 1 heterocycles. The number of aryl methyl sites for hydroxylation is 2. The molecular formula is C12H11F2N3O. The number of carbonyl (C=O) groups excluding carboxylic acids is 1. The van der Waals surface area contributed by atoms with Gasteiger partial charge in [0.2, 0.25) is 0 Å². The minimum absolute atomic E-state index is 0.139. The van der Waals surface area contributed by atoms with Gasteiger partial charge in [-0.05, 0) is 19.1 Å². The zero-order chi connectivity index (χ0) is 13.3. The lowest BCUT2D eigenvalue weighted by molar-refractivity contribution is 0.102. The van der Waals surface area contributed by atoms with Crippen molar-refractivity contribution in [3.8, 4) is 0 Å². The van der Waals surface area contributed by atoms with Crippen LogP contribution in [0.4, 0.5) is 14.5 Å². The molecule has 0 spiro atoms. The van der Waals surface area contributed by atoms with Crippen LogP contribution in [-0.4, -0.2) is 15.7 Å². The Labute approximate surface area is 102 Å². The van der Waals surface area contributed by atoms with Gasteiger partial charge in [0.15, 0.2) is 5.69 Å². The number of hydrogen-bond donors (Lipinski definition) is 1. The van der Waals surface area contributed by atoms with E-state index in [2.05, 4.69) is 10.4 Å². The molecule has 1 amide bonds. The summed E-state index contributed by atoms with van der Waals surface area (Å²) in [5.41, 5.74) is 0.305. The first kappa shape index (κ1) is 12.2. The fraction of sp³-hybridized carbons (Fsp3) is 0.167. The lowest BCUT2D eigenvalue weighted by atomic mass is 10.2. The Kier molecular flexibility index (Phi) is 3.10. The zero-order valence-corrected chi connectivity index (χ0v) is 9.87. The minimum atomic E-state index is -0.822. The van der Waals surface area contributed by atoms with Crippen molar-refractivity contribution in [1.82, 2.24) is 9.78 Å². The molecule has 2 aromatic rings. The predicted molar refractivity (Wildman–Crippen MR) is 62.3 cm³/mol. The van der Waals surface area contributed by atoms with Crippen molar-refractivity contribution >= 4 is 11.6 Å². The van der Waals surface area contributed by atoms with E-state index in [0.29, 0.717) is 5.56 Å². The Morgan fingerprint density at radius 3 is 2.44 bits per heavy atom. The van der Waals surface area contributed by atoms with Gasteiger partial charge >= 0.3 is 0 Å². The number of rotatable bonds is 2. The summed E-state index contributed by atoms with van der Waals surface area (Å²) in [5, 5.41) is 6.11. The smallest absolute Gasteiger partial charge is 0.276 e. The molecule has 0 aliphatic carbocycles. The van der Waals surface area contributed by atoms with Crippen LogP contribution in [0, 0.1) is 18.6 Å². The molecule has 94 valence electrons. The van der Waals surface area contributed by atoms with E-state index in [1.54, 1.807) is 20.2 Å². The Morgan fingerprint density at radius 2 is 1.94 bits per heavy atom. The second kappa shape index (κ2) is 4.56. The van der Waals surface area contributed by atoms with E-state index in [4.69, 9.17) is 0 Å². The number of aromatic nitrogens is 2. The van der Waals surface area contributed by atoms with Gasteiger partial charge in [-0.1, -0.05) is 6.07 Å². The maximum Gasteiger partial charge on any atom is 0.276 e. The van der Waals surface area contributed by atoms with E-state index in [0.717, 1.165) is 12.1 Å². The maximum absolute atomic E-state index is 13.4. The van der Waals surface area contributed by atoms with Gasteiger partial charge < -0.3 is 5.32 Å². The molecule has 4 nitrogen and oxygen atoms in total. The number of carbonyl (C=O) groups is 1. The second-order valence-corrected chi connectivity index (χ2v) is 3.89. The molecule has 0 saturated carbocycles. The number of benzene rings is 1. The van der Waals surface area contributed by atoms with Crippen LogP contribution in [0.5, 0.6) is 0 Å². The lowest BCUT2D eigenvalue weighted by Crippen LogP contribution is -2.16. The lowest BCUT2D eigenvalue weighted by Gasteiger charge is -2.06. The fourth-order valence-electron chi connectivity index (χ4n) is 1.62. The summed E-state index contributed by atoms with van der Waals surface area (Å²) in [6.45, 7) is 1.69. The zero-order valence-electron chi connectivity index (χ0n) is 9.87. The Balaban J connectivity index is 2.30. The van der Waals surface area contributed by atoms with Gasteiger partial charge in [-0.15, -0.1) is 0 Å². The number of anilines is 1. The Morgan fingerprint density at radius 1 is 1.33 bits per heavy atom. The van der Waals surface area contributed by atoms with Crippen molar-refractivity contribution < 1.29 is 13.6 Å². The van der Waals surface area contributed by atoms with Crippen molar-refractivity contribution in [2.24, 2.45) is 7.05 Å². The van der Waals surface area contributed by atoms with Gasteiger partial charge in [0.25, 0.3) is 5.91 Å². The third-order valence-electron chi connectivity index (χ3n) is 2.43. The molecule has 0 fully saturated rings. The number of amides is 1. The normalized spacial score (nSPS) is 10.4. The predicted octanol–water partition coefficient (Wildman–Crippen LogP) is 2.26. The van der Waals surface area contributed by atoms with Gasteiger partial charge in [0.1, 0.15) is 17.3 Å². The van der Waals surface area contributed by atoms with Crippen LogP contribution in [-0.2, 0) is 7.05 Å². The molecule has 1 N–H and O–H groups in total. The standard InChI is InChI=1S/C12H11F2N3O/c1-7-6-17(2)16-10(7)12(18)15-11-8(13)4-3-5-9(11)14/h3-6H,1-2H3,(H,15,18). The minimum Gasteiger partial charge on any atom is -0.316 e. The second-order valence-electron chi connectivity index (χ2n) is 3.89. The molecule has 0 radical (unpaired) electrons. The molecule has 0 aliphatic heterocycles. The van der Waals surface area contributed by atoms with Gasteiger partial charge in [-0.3, -0.25) is 9.48 Å². The first-order chi connectivity index (χ1) is 8.49. The molecule has 0 bridgehead atoms. The average molecular weight is 251 g/mol. The third kappa shape index (κ3) is 2.22. The summed E-state index contributed by atoms with van der Waals surface area (Å²) in [7, 11) is 1.66. The van der Waals surface area contributed by atoms with Crippen molar-refractivity contribution in [2.45, 2.75) is 6.92 Å². The molecular weight excluding hydrogens is 240 g/mol. The van der Waals surface area contributed by atoms with Crippen LogP contribution in [0.25, 0.3) is 0 Å². The SMILES string of the molecule is Cc1cn(C)nc1C(=O)Nc1c(F)cccc1F. The van der Waals surface area contributed by atoms with Gasteiger partial charge in [-0.2, -0.15) is 5.10 Å². The van der Waals surface area contributed by atoms with E-state index >= 15 is 0 Å². The monoisotopic (exact) mass is 251 g/mol. The van der Waals surface area contributed by atoms with Crippen molar-refractivity contribution in [2.75, 3.05) is 5.32 Å². The summed E-state index contributed by atoms with van der Waals surface area (Å²) < 4.78 is 28.2. The van der Waals surface area contributed by atoms with E-state index in [1.807, 2.05) is 0 Å². The molecule has 1 aromatic heterocycles. The molecule has 1 aromatic carbocycles. The molecule has 2 rings (SSSR count). The third-order valence-corrected chi connectivity index (χ3v) is 2.43. The summed E-state index contributed by atoms with van der Waals surface area (Å²) in [6.07, 6.45) is 1.65. The number of nitrogens with one attached hydrogen (secondary N) is 1. The van der Waals surface area contributed by atoms with Crippen LogP contribution in [0.3, 0.4) is 0 Å². The van der Waals surface area contributed by atoms with Crippen LogP contribution < -0.4 is 5.32 Å². The van der Waals surface area contributed by atoms with Crippen LogP contribution in [0.1, 0.15) is 16.1 Å². The first-order valence-electron chi connectivity index (χ1n) is 5.24. The number of para-hydroxylation sites is 1. The molecule has 0 saturated heterocycles. The summed E-state index contributed by atoms with van der Waals surface area (Å²) in [6, 6.07) is 3.38. The van der Waals surface area contributed by atoms with Gasteiger partial charge in [-0.25, -0.2) is 8.78 Å². The van der Waals surface area contributed by atoms with Crippen molar-refractivity contribution in [3.05, 3.63) is 47.3 Å². The molecule has 6 heteroatoms. The van der Waals surface area contributed by atoms with E-state index in [1.165, 1.54) is 10.7 Å². The number of halogens is 2. The highest BCUT2D eigenvalue weighted by atomic mass is 19.1. The molecule has 0 atom stereocenters. The van der Waals surface area contributed by atoms with Crippen LogP contribution >= 0.6 is 0 Å². The summed E-state index contributed by atoms with van der Waals surface area (Å²) in [5.74, 6) is -2.29. The Bertz CT molecular complexity index is 587. The van der Waals surface area contributed by atoms with Crippen LogP contribution in [0.15, 0.2) is 24.4 Å². The quantitative estimate of drug-likeness (QED) is 0.889. The van der Waals surface area contributed by atoms with E-state index < -0.39 is 23.2 Å². The number of hydrogen-bond acceptors (Lipinski definition) is 2. The fourth-order valence-corrected chi connectivity index (χ4v) is 1.62. The van der Waals surface area contributed by atoms with Crippen molar-refractivity contribution in [1.29, 1.82) is 0 Å². The van der Waals surface area contributed by atoms with E-state index in [-0.39, 0.29) is 5.69 Å². The van der Waals surface area contributed by atoms with Crippen molar-refractivity contribution in [3.63, 3.8) is 0 Å². The molecule has 18 heavy (non-hydrogen) atoms. The van der Waals surface area contributed by atoms with Gasteiger partial charge in [0.05, 0.1) is 0 Å². The molecule has 0 aliphatic rings. The summed E-state index contributed by atoms with van der Waals surface area (Å²) in [4.78, 5) is 11.8. The largest absolute Gasteiger partial charge is 0.316 e. The first-order valence-corrected chi connectivity index (χ1v) is 5.24. The average Bonchev–Trinajstić information content (AvgIpc) is 2.63. The van der Waals surface area contributed by atoms with Crippen LogP contribution in [0.2, 0.25) is 0 Å². The highest BCUT2D eigenvalue weighted by Gasteiger charge is 2.17. The highest BCUT2D eigenvalue weighted by molar-refractivity contribution is 6.03. The van der Waals surface area contributed by atoms with Gasteiger partial charge in [0, 0.05) is 18.8 Å². The maximum atomic E-state index is 13.4. The topological polar surface area (TPSA) is 46.9 Å². The van der Waals surface area contributed by atoms with E-state index in [9.17, 15) is 13.6 Å². The Hall–Kier alpha value is -2.24. The summed E-state index contributed by atoms with van der Waals surface area (Å²) >= 11 is 0. The molecule has 0 unspecified atom stereocenters. The highest BCUT2D eigenvalue weighted by Crippen LogP contribution is 2.19.